The van der Waals surface area contributed by atoms with Crippen LogP contribution >= 0.6 is 0 Å². The van der Waals surface area contributed by atoms with Crippen LogP contribution in [0.25, 0.3) is 21.9 Å². The van der Waals surface area contributed by atoms with Crippen LogP contribution in [0.2, 0.25) is 0 Å². The number of ether oxygens (including phenoxy) is 1. The number of rotatable bonds is 14. The normalized spacial score (nSPS) is 13.7. The topological polar surface area (TPSA) is 135 Å². The Bertz CT molecular complexity index is 3370. The molecule has 1 aliphatic heterocycles. The first-order chi connectivity index (χ1) is 30.8. The van der Waals surface area contributed by atoms with Gasteiger partial charge in [-0.05, 0) is 126 Å². The number of benzene rings is 6. The Morgan fingerprint density at radius 1 is 0.652 bits per heavy atom. The van der Waals surface area contributed by atoms with Crippen molar-refractivity contribution in [2.45, 2.75) is 55.4 Å². The number of alkyl halides is 6. The van der Waals surface area contributed by atoms with E-state index in [0.717, 1.165) is 63.2 Å². The minimum Gasteiger partial charge on any atom is -0.456 e. The molecule has 18 heteroatoms. The zero-order chi connectivity index (χ0) is 48.2. The summed E-state index contributed by atoms with van der Waals surface area (Å²) < 4.78 is 183. The third-order valence-corrected chi connectivity index (χ3v) is 15.7. The minimum atomic E-state index is -7.60. The van der Waals surface area contributed by atoms with Gasteiger partial charge in [0.1, 0.15) is 27.3 Å². The Morgan fingerprint density at radius 3 is 1.88 bits per heavy atom. The molecule has 6 aromatic rings. The summed E-state index contributed by atoms with van der Waals surface area (Å²) in [6.07, 6.45) is 3.59. The fourth-order valence-corrected chi connectivity index (χ4v) is 11.3. The maximum atomic E-state index is 15.5. The van der Waals surface area contributed by atoms with E-state index < -0.39 is 57.2 Å². The van der Waals surface area contributed by atoms with Crippen molar-refractivity contribution in [3.63, 3.8) is 0 Å². The van der Waals surface area contributed by atoms with E-state index in [2.05, 4.69) is 14.9 Å². The highest BCUT2D eigenvalue weighted by Crippen LogP contribution is 2.53. The lowest BCUT2D eigenvalue weighted by Crippen LogP contribution is -2.61. The van der Waals surface area contributed by atoms with Crippen molar-refractivity contribution < 1.29 is 60.5 Å². The second-order valence-corrected chi connectivity index (χ2v) is 20.5. The molecule has 0 amide bonds. The maximum Gasteiger partial charge on any atom is 0.450 e. The SMILES string of the molecule is C=Cc1ccc(OS(=O)(=O)C(F)(F)C(F)(F)C(F)(F)S(=O)(=O)[N-]S(=O)(=O)c2ccccc2C2=c3cc/c(=C\c4c(C)cccc4C)cc3Oc3cc(Cc4c(C)cccc4C)ccc32)cc1. The molecular weight excluding hydrogens is 929 g/mol. The number of sulfonamides is 2. The summed E-state index contributed by atoms with van der Waals surface area (Å²) in [6.45, 7) is 11.2. The highest BCUT2D eigenvalue weighted by molar-refractivity contribution is 8.12. The van der Waals surface area contributed by atoms with E-state index in [1.54, 1.807) is 36.4 Å². The summed E-state index contributed by atoms with van der Waals surface area (Å²) in [6, 6.07) is 29.5. The van der Waals surface area contributed by atoms with E-state index in [0.29, 0.717) is 23.8 Å². The number of hydrogen-bond acceptors (Lipinski definition) is 8. The molecule has 344 valence electrons. The van der Waals surface area contributed by atoms with Gasteiger partial charge in [-0.2, -0.15) is 34.8 Å². The molecule has 1 aliphatic rings. The molecule has 0 saturated carbocycles. The van der Waals surface area contributed by atoms with E-state index in [1.165, 1.54) is 18.2 Å². The van der Waals surface area contributed by atoms with Crippen molar-refractivity contribution in [1.29, 1.82) is 0 Å². The van der Waals surface area contributed by atoms with Gasteiger partial charge in [0.15, 0.2) is 10.0 Å². The summed E-state index contributed by atoms with van der Waals surface area (Å²) in [5.41, 5.74) is 6.92. The summed E-state index contributed by atoms with van der Waals surface area (Å²) >= 11 is 0. The lowest BCUT2D eigenvalue weighted by molar-refractivity contribution is -0.245. The van der Waals surface area contributed by atoms with E-state index in [-0.39, 0.29) is 39.0 Å². The van der Waals surface area contributed by atoms with Crippen LogP contribution in [-0.2, 0) is 36.6 Å². The standard InChI is InChI=1S/C48H38F6NO8S3/c1-6-33-17-21-36(22-18-33)63-66(60,61)48(53,54)46(49,50)47(51,52)65(58,59)55-64(56,57)44-16-8-7-15-39(44)45-37-23-19-34(25-40-29(2)11-9-12-30(40)3)27-42(37)62-43-28-35(20-24-38(43)45)26-41-31(4)13-10-14-32(41)5/h6-25,27-28H,1,26H2,2-5H3/q-1/b34-25+. The Kier molecular flexibility index (Phi) is 12.5. The highest BCUT2D eigenvalue weighted by Gasteiger charge is 2.81. The molecule has 0 aliphatic carbocycles. The van der Waals surface area contributed by atoms with Crippen LogP contribution in [0, 0.1) is 27.7 Å². The Balaban J connectivity index is 1.33. The third kappa shape index (κ3) is 8.53. The van der Waals surface area contributed by atoms with Crippen LogP contribution in [0.15, 0.2) is 133 Å². The first-order valence-corrected chi connectivity index (χ1v) is 24.0. The molecule has 0 unspecified atom stereocenters. The molecule has 6 aromatic carbocycles. The molecule has 66 heavy (non-hydrogen) atoms. The Hall–Kier alpha value is -6.21. The van der Waals surface area contributed by atoms with Gasteiger partial charge in [-0.25, -0.2) is 16.8 Å². The number of fused-ring (bicyclic) bond motifs is 2. The summed E-state index contributed by atoms with van der Waals surface area (Å²) in [4.78, 5) is -1.11. The van der Waals surface area contributed by atoms with Crippen molar-refractivity contribution in [2.24, 2.45) is 0 Å². The zero-order valence-electron chi connectivity index (χ0n) is 35.3. The molecule has 0 atom stereocenters. The van der Waals surface area contributed by atoms with Gasteiger partial charge in [0.2, 0.25) is 0 Å². The predicted molar refractivity (Wildman–Crippen MR) is 239 cm³/mol. The van der Waals surface area contributed by atoms with Gasteiger partial charge in [-0.3, -0.25) is 0 Å². The van der Waals surface area contributed by atoms with Crippen molar-refractivity contribution >= 4 is 47.9 Å². The average molecular weight is 967 g/mol. The van der Waals surface area contributed by atoms with Gasteiger partial charge in [0.25, 0.3) is 0 Å². The Morgan fingerprint density at radius 2 is 1.26 bits per heavy atom. The average Bonchev–Trinajstić information content (AvgIpc) is 3.25. The van der Waals surface area contributed by atoms with Gasteiger partial charge in [0, 0.05) is 21.9 Å². The van der Waals surface area contributed by atoms with Gasteiger partial charge in [-0.1, -0.05) is 97.6 Å². The third-order valence-electron chi connectivity index (χ3n) is 11.0. The second-order valence-electron chi connectivity index (χ2n) is 15.5. The molecule has 7 rings (SSSR count). The summed E-state index contributed by atoms with van der Waals surface area (Å²) in [5.74, 6) is -8.01. The Labute approximate surface area is 377 Å². The molecule has 0 bridgehead atoms. The maximum absolute atomic E-state index is 15.5. The molecule has 0 radical (unpaired) electrons. The summed E-state index contributed by atoms with van der Waals surface area (Å²) in [5, 5.41) is -13.3. The number of nitrogens with zero attached hydrogens (tertiary/aromatic N) is 1. The smallest absolute Gasteiger partial charge is 0.450 e. The molecule has 0 saturated heterocycles. The monoisotopic (exact) mass is 966 g/mol. The van der Waals surface area contributed by atoms with Gasteiger partial charge >= 0.3 is 26.5 Å². The van der Waals surface area contributed by atoms with Crippen molar-refractivity contribution in [2.75, 3.05) is 0 Å². The lowest BCUT2D eigenvalue weighted by Gasteiger charge is -2.35. The molecular formula is C48H38F6NO8S3-. The van der Waals surface area contributed by atoms with Gasteiger partial charge in [0.05, 0.1) is 4.90 Å². The summed E-state index contributed by atoms with van der Waals surface area (Å²) in [7, 11) is -20.8. The predicted octanol–water partition coefficient (Wildman–Crippen LogP) is 9.96. The lowest BCUT2D eigenvalue weighted by atomic mass is 9.90. The van der Waals surface area contributed by atoms with E-state index >= 15 is 26.3 Å². The first kappa shape index (κ1) is 47.7. The molecule has 9 nitrogen and oxygen atoms in total. The van der Waals surface area contributed by atoms with Crippen LogP contribution in [0.3, 0.4) is 0 Å². The number of halogens is 6. The van der Waals surface area contributed by atoms with E-state index in [1.807, 2.05) is 70.2 Å². The number of hydrogen-bond donors (Lipinski definition) is 0. The first-order valence-electron chi connectivity index (χ1n) is 19.7. The number of aryl methyl sites for hydroxylation is 4. The van der Waals surface area contributed by atoms with Gasteiger partial charge < -0.3 is 13.0 Å². The van der Waals surface area contributed by atoms with E-state index in [4.69, 9.17) is 4.74 Å². The highest BCUT2D eigenvalue weighted by atomic mass is 32.3. The van der Waals surface area contributed by atoms with Crippen molar-refractivity contribution in [3.8, 4) is 17.2 Å². The van der Waals surface area contributed by atoms with Crippen molar-refractivity contribution in [3.05, 3.63) is 198 Å². The van der Waals surface area contributed by atoms with Crippen LogP contribution in [-0.4, -0.2) is 41.7 Å². The second kappa shape index (κ2) is 17.2. The van der Waals surface area contributed by atoms with Crippen molar-refractivity contribution in [1.82, 2.24) is 0 Å². The largest absolute Gasteiger partial charge is 0.456 e. The molecule has 0 fully saturated rings. The van der Waals surface area contributed by atoms with Crippen LogP contribution in [0.4, 0.5) is 26.3 Å². The molecule has 1 heterocycles. The zero-order valence-corrected chi connectivity index (χ0v) is 37.8. The van der Waals surface area contributed by atoms with Crippen LogP contribution < -0.4 is 19.4 Å². The molecule has 0 spiro atoms. The van der Waals surface area contributed by atoms with Gasteiger partial charge in [-0.15, -0.1) is 0 Å². The van der Waals surface area contributed by atoms with E-state index in [9.17, 15) is 25.3 Å². The quantitative estimate of drug-likeness (QED) is 0.0777. The molecule has 0 aromatic heterocycles. The van der Waals surface area contributed by atoms with Crippen LogP contribution in [0.5, 0.6) is 17.2 Å². The minimum absolute atomic E-state index is 0.0586. The van der Waals surface area contributed by atoms with Crippen LogP contribution in [0.1, 0.15) is 55.6 Å². The molecule has 0 N–H and O–H groups in total. The fourth-order valence-electron chi connectivity index (χ4n) is 7.44. The fraction of sp³-hybridized carbons (Fsp3) is 0.167.